The van der Waals surface area contributed by atoms with Crippen molar-refractivity contribution in [2.24, 2.45) is 0 Å². The molecule has 1 aromatic heterocycles. The van der Waals surface area contributed by atoms with Crippen LogP contribution in [0.5, 0.6) is 0 Å². The largest absolute Gasteiger partial charge is 0.398 e. The Morgan fingerprint density at radius 3 is 2.75 bits per heavy atom. The van der Waals surface area contributed by atoms with E-state index in [0.717, 1.165) is 10.3 Å². The maximum absolute atomic E-state index is 5.88. The zero-order chi connectivity index (χ0) is 8.77. The molecule has 3 heteroatoms. The Bertz CT molecular complexity index is 318. The van der Waals surface area contributed by atoms with Gasteiger partial charge in [-0.25, -0.2) is 4.98 Å². The van der Waals surface area contributed by atoms with E-state index >= 15 is 0 Å². The summed E-state index contributed by atoms with van der Waals surface area (Å²) in [6, 6.07) is 1.87. The first-order valence-corrected chi connectivity index (χ1v) is 4.83. The fourth-order valence-electron chi connectivity index (χ4n) is 1.41. The van der Waals surface area contributed by atoms with E-state index in [2.05, 4.69) is 27.8 Å². The first-order valence-electron chi connectivity index (χ1n) is 4.03. The summed E-state index contributed by atoms with van der Waals surface area (Å²) >= 11 is 3.29. The van der Waals surface area contributed by atoms with Gasteiger partial charge in [-0.2, -0.15) is 0 Å². The van der Waals surface area contributed by atoms with Crippen molar-refractivity contribution in [3.8, 4) is 0 Å². The van der Waals surface area contributed by atoms with Crippen molar-refractivity contribution >= 4 is 21.6 Å². The summed E-state index contributed by atoms with van der Waals surface area (Å²) in [7, 11) is 0. The number of hydrogen-bond acceptors (Lipinski definition) is 2. The van der Waals surface area contributed by atoms with Crippen LogP contribution in [-0.2, 0) is 5.41 Å². The fraction of sp³-hybridized carbons (Fsp3) is 0.444. The van der Waals surface area contributed by atoms with E-state index in [4.69, 9.17) is 5.73 Å². The summed E-state index contributed by atoms with van der Waals surface area (Å²) in [4.78, 5) is 4.18. The second kappa shape index (κ2) is 2.46. The highest BCUT2D eigenvalue weighted by molar-refractivity contribution is 9.10. The predicted octanol–water partition coefficient (Wildman–Crippen LogP) is 2.48. The minimum absolute atomic E-state index is 0.317. The van der Waals surface area contributed by atoms with Gasteiger partial charge < -0.3 is 5.73 Å². The molecule has 1 saturated carbocycles. The van der Waals surface area contributed by atoms with Gasteiger partial charge in [0.25, 0.3) is 0 Å². The van der Waals surface area contributed by atoms with E-state index in [1.165, 1.54) is 18.4 Å². The summed E-state index contributed by atoms with van der Waals surface area (Å²) in [5.41, 5.74) is 8.25. The Morgan fingerprint density at radius 2 is 2.25 bits per heavy atom. The second-order valence-electron chi connectivity index (χ2n) is 3.65. The minimum atomic E-state index is 0.317. The monoisotopic (exact) mass is 226 g/mol. The van der Waals surface area contributed by atoms with Crippen molar-refractivity contribution in [2.45, 2.75) is 25.2 Å². The van der Waals surface area contributed by atoms with Crippen molar-refractivity contribution in [3.63, 3.8) is 0 Å². The van der Waals surface area contributed by atoms with Crippen LogP contribution in [0.4, 0.5) is 5.69 Å². The number of nitrogens with zero attached hydrogens (tertiary/aromatic N) is 1. The summed E-state index contributed by atoms with van der Waals surface area (Å²) < 4.78 is 0.813. The number of anilines is 1. The number of pyridine rings is 1. The molecule has 0 unspecified atom stereocenters. The molecule has 64 valence electrons. The summed E-state index contributed by atoms with van der Waals surface area (Å²) in [6.45, 7) is 2.23. The van der Waals surface area contributed by atoms with Gasteiger partial charge in [0.05, 0.1) is 0 Å². The van der Waals surface area contributed by atoms with Gasteiger partial charge >= 0.3 is 0 Å². The number of aromatic nitrogens is 1. The molecule has 1 heterocycles. The molecule has 0 saturated heterocycles. The summed E-state index contributed by atoms with van der Waals surface area (Å²) in [5.74, 6) is 0. The number of halogens is 1. The standard InChI is InChI=1S/C9H11BrN2/c1-9(2-3-9)6-5-12-8(10)4-7(6)11/h4-5H,2-3H2,1H3,(H2,11,12). The normalized spacial score (nSPS) is 19.2. The molecule has 2 N–H and O–H groups in total. The number of hydrogen-bond donors (Lipinski definition) is 1. The van der Waals surface area contributed by atoms with Gasteiger partial charge in [0.15, 0.2) is 0 Å². The second-order valence-corrected chi connectivity index (χ2v) is 4.47. The number of rotatable bonds is 1. The SMILES string of the molecule is CC1(c2cnc(Br)cc2N)CC1. The van der Waals surface area contributed by atoms with Crippen LogP contribution < -0.4 is 5.73 Å². The molecule has 0 atom stereocenters. The van der Waals surface area contributed by atoms with Crippen molar-refractivity contribution < 1.29 is 0 Å². The molecule has 1 aliphatic carbocycles. The molecule has 0 amide bonds. The molecule has 1 aliphatic rings. The molecular formula is C9H11BrN2. The molecule has 0 aromatic carbocycles. The molecule has 0 bridgehead atoms. The summed E-state index contributed by atoms with van der Waals surface area (Å²) in [5, 5.41) is 0. The first-order chi connectivity index (χ1) is 5.62. The average Bonchev–Trinajstić information content (AvgIpc) is 2.68. The Kier molecular flexibility index (Phi) is 1.65. The van der Waals surface area contributed by atoms with E-state index in [1.807, 2.05) is 12.3 Å². The van der Waals surface area contributed by atoms with Crippen LogP contribution in [0.15, 0.2) is 16.9 Å². The van der Waals surface area contributed by atoms with E-state index in [1.54, 1.807) is 0 Å². The van der Waals surface area contributed by atoms with Crippen molar-refractivity contribution in [3.05, 3.63) is 22.4 Å². The van der Waals surface area contributed by atoms with Gasteiger partial charge in [-0.15, -0.1) is 0 Å². The van der Waals surface area contributed by atoms with Crippen LogP contribution in [0.3, 0.4) is 0 Å². The quantitative estimate of drug-likeness (QED) is 0.748. The Hall–Kier alpha value is -0.570. The molecule has 1 fully saturated rings. The van der Waals surface area contributed by atoms with E-state index in [0.29, 0.717) is 5.41 Å². The van der Waals surface area contributed by atoms with Crippen molar-refractivity contribution in [1.82, 2.24) is 4.98 Å². The van der Waals surface area contributed by atoms with Crippen LogP contribution in [0.2, 0.25) is 0 Å². The number of nitrogens with two attached hydrogens (primary N) is 1. The lowest BCUT2D eigenvalue weighted by Gasteiger charge is -2.10. The zero-order valence-corrected chi connectivity index (χ0v) is 8.56. The maximum Gasteiger partial charge on any atom is 0.108 e. The van der Waals surface area contributed by atoms with Crippen LogP contribution in [0.25, 0.3) is 0 Å². The third-order valence-corrected chi connectivity index (χ3v) is 2.99. The lowest BCUT2D eigenvalue weighted by Crippen LogP contribution is -2.05. The zero-order valence-electron chi connectivity index (χ0n) is 6.97. The first kappa shape index (κ1) is 8.05. The van der Waals surface area contributed by atoms with Crippen molar-refractivity contribution in [2.75, 3.05) is 5.73 Å². The van der Waals surface area contributed by atoms with Gasteiger partial charge in [-0.3, -0.25) is 0 Å². The third-order valence-electron chi connectivity index (χ3n) is 2.55. The van der Waals surface area contributed by atoms with Crippen LogP contribution in [0.1, 0.15) is 25.3 Å². The molecule has 2 rings (SSSR count). The van der Waals surface area contributed by atoms with E-state index in [9.17, 15) is 0 Å². The Morgan fingerprint density at radius 1 is 1.58 bits per heavy atom. The number of nitrogen functional groups attached to an aromatic ring is 1. The van der Waals surface area contributed by atoms with Crippen LogP contribution in [-0.4, -0.2) is 4.98 Å². The molecule has 0 spiro atoms. The van der Waals surface area contributed by atoms with Gasteiger partial charge in [0, 0.05) is 11.9 Å². The minimum Gasteiger partial charge on any atom is -0.398 e. The average molecular weight is 227 g/mol. The summed E-state index contributed by atoms with van der Waals surface area (Å²) in [6.07, 6.45) is 4.35. The third kappa shape index (κ3) is 1.22. The van der Waals surface area contributed by atoms with Gasteiger partial charge in [-0.1, -0.05) is 6.92 Å². The predicted molar refractivity (Wildman–Crippen MR) is 52.9 cm³/mol. The topological polar surface area (TPSA) is 38.9 Å². The highest BCUT2D eigenvalue weighted by atomic mass is 79.9. The molecule has 0 aliphatic heterocycles. The lowest BCUT2D eigenvalue weighted by molar-refractivity contribution is 0.784. The smallest absolute Gasteiger partial charge is 0.108 e. The molecular weight excluding hydrogens is 216 g/mol. The Labute approximate surface area is 80.3 Å². The molecule has 0 radical (unpaired) electrons. The molecule has 1 aromatic rings. The van der Waals surface area contributed by atoms with Gasteiger partial charge in [0.2, 0.25) is 0 Å². The highest BCUT2D eigenvalue weighted by Crippen LogP contribution is 2.49. The van der Waals surface area contributed by atoms with Crippen LogP contribution >= 0.6 is 15.9 Å². The lowest BCUT2D eigenvalue weighted by atomic mass is 9.99. The van der Waals surface area contributed by atoms with Gasteiger partial charge in [0.1, 0.15) is 4.60 Å². The van der Waals surface area contributed by atoms with E-state index < -0.39 is 0 Å². The Balaban J connectivity index is 2.45. The van der Waals surface area contributed by atoms with Gasteiger partial charge in [-0.05, 0) is 45.8 Å². The highest BCUT2D eigenvalue weighted by Gasteiger charge is 2.40. The van der Waals surface area contributed by atoms with Crippen molar-refractivity contribution in [1.29, 1.82) is 0 Å². The van der Waals surface area contributed by atoms with Crippen LogP contribution in [0, 0.1) is 0 Å². The molecule has 2 nitrogen and oxygen atoms in total. The maximum atomic E-state index is 5.88. The molecule has 12 heavy (non-hydrogen) atoms. The fourth-order valence-corrected chi connectivity index (χ4v) is 1.75. The van der Waals surface area contributed by atoms with E-state index in [-0.39, 0.29) is 0 Å².